The molecule has 0 atom stereocenters. The van der Waals surface area contributed by atoms with Crippen LogP contribution in [0.15, 0.2) is 11.4 Å². The van der Waals surface area contributed by atoms with Crippen molar-refractivity contribution in [2.45, 2.75) is 5.03 Å². The highest BCUT2D eigenvalue weighted by atomic mass is 32.2. The molecule has 0 spiro atoms. The third kappa shape index (κ3) is 1.61. The average molecular weight is 255 g/mol. The number of thioether (sulfide) groups is 1. The van der Waals surface area contributed by atoms with E-state index in [1.165, 1.54) is 36.5 Å². The molecule has 5 nitrogen and oxygen atoms in total. The molecule has 2 aromatic rings. The monoisotopic (exact) mass is 255 g/mol. The van der Waals surface area contributed by atoms with Crippen molar-refractivity contribution in [3.8, 4) is 0 Å². The molecule has 2 N–H and O–H groups in total. The van der Waals surface area contributed by atoms with Crippen molar-refractivity contribution in [2.75, 3.05) is 19.1 Å². The lowest BCUT2D eigenvalue weighted by Crippen LogP contribution is -2.01. The van der Waals surface area contributed by atoms with Crippen LogP contribution >= 0.6 is 23.1 Å². The molecular formula is C9H9N3O2S2. The predicted molar refractivity (Wildman–Crippen MR) is 64.9 cm³/mol. The molecule has 0 bridgehead atoms. The number of rotatable bonds is 2. The number of aromatic nitrogens is 2. The minimum atomic E-state index is -0.437. The van der Waals surface area contributed by atoms with Gasteiger partial charge in [-0.25, -0.2) is 14.8 Å². The van der Waals surface area contributed by atoms with Crippen LogP contribution in [0, 0.1) is 0 Å². The predicted octanol–water partition coefficient (Wildman–Crippen LogP) is 1.78. The molecule has 0 aromatic carbocycles. The van der Waals surface area contributed by atoms with Gasteiger partial charge in [0.1, 0.15) is 21.1 Å². The number of thiophene rings is 1. The number of esters is 1. The maximum absolute atomic E-state index is 11.5. The Hall–Kier alpha value is -1.34. The Morgan fingerprint density at radius 2 is 2.31 bits per heavy atom. The van der Waals surface area contributed by atoms with Gasteiger partial charge in [-0.3, -0.25) is 0 Å². The fourth-order valence-electron chi connectivity index (χ4n) is 1.33. The summed E-state index contributed by atoms with van der Waals surface area (Å²) in [6.45, 7) is 0. The van der Waals surface area contributed by atoms with Gasteiger partial charge in [0, 0.05) is 0 Å². The first-order valence-electron chi connectivity index (χ1n) is 4.34. The van der Waals surface area contributed by atoms with Crippen LogP contribution in [0.25, 0.3) is 10.2 Å². The first-order valence-corrected chi connectivity index (χ1v) is 6.38. The van der Waals surface area contributed by atoms with Crippen LogP contribution < -0.4 is 5.73 Å². The number of hydrogen-bond donors (Lipinski definition) is 1. The van der Waals surface area contributed by atoms with Crippen LogP contribution in [-0.2, 0) is 4.74 Å². The van der Waals surface area contributed by atoms with Crippen molar-refractivity contribution >= 4 is 45.0 Å². The highest BCUT2D eigenvalue weighted by molar-refractivity contribution is 7.98. The van der Waals surface area contributed by atoms with Crippen molar-refractivity contribution in [1.82, 2.24) is 9.97 Å². The summed E-state index contributed by atoms with van der Waals surface area (Å²) < 4.78 is 4.66. The molecule has 0 fully saturated rings. The second-order valence-electron chi connectivity index (χ2n) is 2.90. The lowest BCUT2D eigenvalue weighted by Gasteiger charge is -1.98. The number of hydrogen-bond acceptors (Lipinski definition) is 7. The van der Waals surface area contributed by atoms with E-state index in [2.05, 4.69) is 14.7 Å². The number of anilines is 1. The van der Waals surface area contributed by atoms with E-state index >= 15 is 0 Å². The Balaban J connectivity index is 2.73. The number of carbonyl (C=O) groups is 1. The van der Waals surface area contributed by atoms with Gasteiger partial charge in [-0.05, 0) is 6.26 Å². The van der Waals surface area contributed by atoms with E-state index < -0.39 is 5.97 Å². The number of carbonyl (C=O) groups excluding carboxylic acids is 1. The zero-order chi connectivity index (χ0) is 11.7. The number of ether oxygens (including phenoxy) is 1. The SMILES string of the molecule is COC(=O)c1sc2ncnc(SC)c2c1N. The number of methoxy groups -OCH3 is 1. The lowest BCUT2D eigenvalue weighted by molar-refractivity contribution is 0.0607. The van der Waals surface area contributed by atoms with Crippen LogP contribution in [0.5, 0.6) is 0 Å². The number of nitrogens with zero attached hydrogens (tertiary/aromatic N) is 2. The summed E-state index contributed by atoms with van der Waals surface area (Å²) in [5, 5.41) is 1.51. The topological polar surface area (TPSA) is 78.1 Å². The van der Waals surface area contributed by atoms with Gasteiger partial charge in [-0.15, -0.1) is 23.1 Å². The molecular weight excluding hydrogens is 246 g/mol. The zero-order valence-corrected chi connectivity index (χ0v) is 10.3. The number of nitrogens with two attached hydrogens (primary N) is 1. The number of nitrogen functional groups attached to an aromatic ring is 1. The van der Waals surface area contributed by atoms with Gasteiger partial charge in [0.2, 0.25) is 0 Å². The van der Waals surface area contributed by atoms with Crippen LogP contribution in [0.4, 0.5) is 5.69 Å². The van der Waals surface area contributed by atoms with E-state index in [0.29, 0.717) is 15.4 Å². The molecule has 0 aliphatic rings. The summed E-state index contributed by atoms with van der Waals surface area (Å²) in [7, 11) is 1.33. The summed E-state index contributed by atoms with van der Waals surface area (Å²) in [5.74, 6) is -0.437. The van der Waals surface area contributed by atoms with E-state index in [1.54, 1.807) is 0 Å². The smallest absolute Gasteiger partial charge is 0.350 e. The highest BCUT2D eigenvalue weighted by Crippen LogP contribution is 2.36. The third-order valence-corrected chi connectivity index (χ3v) is 3.84. The molecule has 2 heterocycles. The molecule has 0 unspecified atom stereocenters. The van der Waals surface area contributed by atoms with E-state index in [9.17, 15) is 4.79 Å². The van der Waals surface area contributed by atoms with Gasteiger partial charge in [-0.1, -0.05) is 0 Å². The molecule has 0 radical (unpaired) electrons. The minimum Gasteiger partial charge on any atom is -0.465 e. The van der Waals surface area contributed by atoms with Crippen molar-refractivity contribution in [3.63, 3.8) is 0 Å². The van der Waals surface area contributed by atoms with Crippen molar-refractivity contribution in [2.24, 2.45) is 0 Å². The summed E-state index contributed by atoms with van der Waals surface area (Å²) in [4.78, 5) is 20.8. The Kier molecular flexibility index (Phi) is 2.97. The van der Waals surface area contributed by atoms with Crippen molar-refractivity contribution in [3.05, 3.63) is 11.2 Å². The summed E-state index contributed by atoms with van der Waals surface area (Å²) in [6, 6.07) is 0. The molecule has 0 aliphatic heterocycles. The second-order valence-corrected chi connectivity index (χ2v) is 4.69. The summed E-state index contributed by atoms with van der Waals surface area (Å²) >= 11 is 2.69. The Morgan fingerprint density at radius 3 is 2.94 bits per heavy atom. The van der Waals surface area contributed by atoms with E-state index in [-0.39, 0.29) is 0 Å². The zero-order valence-electron chi connectivity index (χ0n) is 8.68. The maximum atomic E-state index is 11.5. The molecule has 2 aromatic heterocycles. The quantitative estimate of drug-likeness (QED) is 0.500. The Morgan fingerprint density at radius 1 is 1.56 bits per heavy atom. The van der Waals surface area contributed by atoms with Gasteiger partial charge in [0.25, 0.3) is 0 Å². The van der Waals surface area contributed by atoms with E-state index in [4.69, 9.17) is 5.73 Å². The summed E-state index contributed by atoms with van der Waals surface area (Å²) in [5.41, 5.74) is 6.31. The Labute approximate surface area is 100 Å². The standard InChI is InChI=1S/C9H9N3O2S2/c1-14-9(13)6-5(10)4-7(15-2)11-3-12-8(4)16-6/h3H,10H2,1-2H3. The molecule has 16 heavy (non-hydrogen) atoms. The van der Waals surface area contributed by atoms with Crippen LogP contribution in [0.3, 0.4) is 0 Å². The normalized spacial score (nSPS) is 10.6. The van der Waals surface area contributed by atoms with Crippen molar-refractivity contribution < 1.29 is 9.53 Å². The van der Waals surface area contributed by atoms with Crippen molar-refractivity contribution in [1.29, 1.82) is 0 Å². The molecule has 0 aliphatic carbocycles. The fraction of sp³-hybridized carbons (Fsp3) is 0.222. The number of fused-ring (bicyclic) bond motifs is 1. The highest BCUT2D eigenvalue weighted by Gasteiger charge is 2.20. The average Bonchev–Trinajstić information content (AvgIpc) is 2.66. The molecule has 84 valence electrons. The first kappa shape index (κ1) is 11.2. The molecule has 2 rings (SSSR count). The maximum Gasteiger partial charge on any atom is 0.350 e. The lowest BCUT2D eigenvalue weighted by atomic mass is 10.3. The second kappa shape index (κ2) is 4.26. The van der Waals surface area contributed by atoms with Crippen LogP contribution in [0.2, 0.25) is 0 Å². The minimum absolute atomic E-state index is 0.383. The van der Waals surface area contributed by atoms with Gasteiger partial charge in [0.15, 0.2) is 0 Å². The molecule has 0 saturated heterocycles. The fourth-order valence-corrected chi connectivity index (χ4v) is 2.93. The van der Waals surface area contributed by atoms with Gasteiger partial charge in [-0.2, -0.15) is 0 Å². The van der Waals surface area contributed by atoms with E-state index in [1.807, 2.05) is 6.26 Å². The molecule has 7 heteroatoms. The Bertz CT molecular complexity index is 553. The third-order valence-electron chi connectivity index (χ3n) is 2.05. The molecule has 0 amide bonds. The van der Waals surface area contributed by atoms with Gasteiger partial charge < -0.3 is 10.5 Å². The van der Waals surface area contributed by atoms with Gasteiger partial charge >= 0.3 is 5.97 Å². The van der Waals surface area contributed by atoms with Crippen LogP contribution in [-0.4, -0.2) is 29.3 Å². The summed E-state index contributed by atoms with van der Waals surface area (Å²) in [6.07, 6.45) is 3.36. The largest absolute Gasteiger partial charge is 0.465 e. The molecule has 0 saturated carbocycles. The van der Waals surface area contributed by atoms with Crippen LogP contribution in [0.1, 0.15) is 9.67 Å². The van der Waals surface area contributed by atoms with Gasteiger partial charge in [0.05, 0.1) is 18.2 Å². The first-order chi connectivity index (χ1) is 7.69. The van der Waals surface area contributed by atoms with E-state index in [0.717, 1.165) is 10.4 Å².